The molecule has 0 heterocycles. The standard InChI is InChI=1S/C12H23NO3S/c1-2-8-17(15,16)9-7-12(14)10-3-5-11(13)6-4-10/h10-11H,2-9,13H2,1H3. The number of ketones is 1. The van der Waals surface area contributed by atoms with E-state index < -0.39 is 9.84 Å². The zero-order chi connectivity index (χ0) is 12.9. The zero-order valence-corrected chi connectivity index (χ0v) is 11.3. The van der Waals surface area contributed by atoms with Crippen LogP contribution in [0.5, 0.6) is 0 Å². The number of carbonyl (C=O) groups excluding carboxylic acids is 1. The summed E-state index contributed by atoms with van der Waals surface area (Å²) in [5.41, 5.74) is 5.77. The van der Waals surface area contributed by atoms with Gasteiger partial charge in [0.05, 0.1) is 5.75 Å². The fourth-order valence-corrected chi connectivity index (χ4v) is 3.65. The lowest BCUT2D eigenvalue weighted by molar-refractivity contribution is -0.123. The molecule has 0 saturated heterocycles. The summed E-state index contributed by atoms with van der Waals surface area (Å²) in [5, 5.41) is 0. The van der Waals surface area contributed by atoms with Gasteiger partial charge < -0.3 is 5.73 Å². The van der Waals surface area contributed by atoms with Gasteiger partial charge in [-0.1, -0.05) is 6.92 Å². The summed E-state index contributed by atoms with van der Waals surface area (Å²) in [6, 6.07) is 0.225. The molecule has 1 fully saturated rings. The van der Waals surface area contributed by atoms with E-state index in [2.05, 4.69) is 0 Å². The Morgan fingerprint density at radius 2 is 1.76 bits per heavy atom. The summed E-state index contributed by atoms with van der Waals surface area (Å²) >= 11 is 0. The summed E-state index contributed by atoms with van der Waals surface area (Å²) in [6.45, 7) is 1.84. The van der Waals surface area contributed by atoms with Crippen LogP contribution in [0.25, 0.3) is 0 Å². The van der Waals surface area contributed by atoms with Crippen LogP contribution >= 0.6 is 0 Å². The van der Waals surface area contributed by atoms with E-state index in [1.54, 1.807) is 0 Å². The molecule has 0 aliphatic heterocycles. The van der Waals surface area contributed by atoms with Crippen LogP contribution in [0.15, 0.2) is 0 Å². The van der Waals surface area contributed by atoms with Gasteiger partial charge in [-0.25, -0.2) is 8.42 Å². The van der Waals surface area contributed by atoms with Crippen molar-refractivity contribution in [3.8, 4) is 0 Å². The lowest BCUT2D eigenvalue weighted by Gasteiger charge is -2.24. The molecule has 0 spiro atoms. The number of nitrogens with two attached hydrogens (primary N) is 1. The van der Waals surface area contributed by atoms with E-state index in [4.69, 9.17) is 5.73 Å². The summed E-state index contributed by atoms with van der Waals surface area (Å²) in [4.78, 5) is 11.9. The van der Waals surface area contributed by atoms with Crippen molar-refractivity contribution in [3.63, 3.8) is 0 Å². The Morgan fingerprint density at radius 1 is 1.18 bits per heavy atom. The Balaban J connectivity index is 2.35. The Bertz CT molecular complexity index is 343. The predicted octanol–water partition coefficient (Wildman–Crippen LogP) is 1.29. The monoisotopic (exact) mass is 261 g/mol. The van der Waals surface area contributed by atoms with Gasteiger partial charge in [-0.15, -0.1) is 0 Å². The Kier molecular flexibility index (Phi) is 5.59. The average molecular weight is 261 g/mol. The first kappa shape index (κ1) is 14.6. The molecular formula is C12H23NO3S. The van der Waals surface area contributed by atoms with E-state index in [9.17, 15) is 13.2 Å². The highest BCUT2D eigenvalue weighted by atomic mass is 32.2. The summed E-state index contributed by atoms with van der Waals surface area (Å²) in [7, 11) is -3.02. The van der Waals surface area contributed by atoms with Crippen molar-refractivity contribution in [3.05, 3.63) is 0 Å². The zero-order valence-electron chi connectivity index (χ0n) is 10.5. The molecule has 0 bridgehead atoms. The summed E-state index contributed by atoms with van der Waals surface area (Å²) in [6.07, 6.45) is 4.23. The molecule has 17 heavy (non-hydrogen) atoms. The number of rotatable bonds is 6. The molecule has 4 nitrogen and oxygen atoms in total. The highest BCUT2D eigenvalue weighted by Gasteiger charge is 2.25. The van der Waals surface area contributed by atoms with Crippen molar-refractivity contribution in [1.29, 1.82) is 0 Å². The van der Waals surface area contributed by atoms with E-state index in [0.29, 0.717) is 6.42 Å². The van der Waals surface area contributed by atoms with Crippen molar-refractivity contribution in [2.75, 3.05) is 11.5 Å². The molecule has 2 N–H and O–H groups in total. The second-order valence-corrected chi connectivity index (χ2v) is 7.28. The molecule has 1 aliphatic carbocycles. The summed E-state index contributed by atoms with van der Waals surface area (Å²) in [5.74, 6) is 0.362. The van der Waals surface area contributed by atoms with Crippen LogP contribution in [0.3, 0.4) is 0 Å². The molecule has 1 saturated carbocycles. The first-order valence-electron chi connectivity index (χ1n) is 6.43. The third-order valence-electron chi connectivity index (χ3n) is 3.40. The molecule has 1 rings (SSSR count). The van der Waals surface area contributed by atoms with Gasteiger partial charge in [0.1, 0.15) is 5.78 Å². The fourth-order valence-electron chi connectivity index (χ4n) is 2.31. The van der Waals surface area contributed by atoms with Crippen LogP contribution in [-0.2, 0) is 14.6 Å². The predicted molar refractivity (Wildman–Crippen MR) is 68.5 cm³/mol. The lowest BCUT2D eigenvalue weighted by Crippen LogP contribution is -2.30. The molecular weight excluding hydrogens is 238 g/mol. The molecule has 0 aromatic carbocycles. The number of hydrogen-bond acceptors (Lipinski definition) is 4. The number of hydrogen-bond donors (Lipinski definition) is 1. The Labute approximate surface area is 104 Å². The Hall–Kier alpha value is -0.420. The molecule has 0 aromatic rings. The van der Waals surface area contributed by atoms with Crippen molar-refractivity contribution in [2.24, 2.45) is 11.7 Å². The number of sulfone groups is 1. The summed E-state index contributed by atoms with van der Waals surface area (Å²) < 4.78 is 23.0. The SMILES string of the molecule is CCCS(=O)(=O)CCC(=O)C1CCC(N)CC1. The number of carbonyl (C=O) groups is 1. The minimum absolute atomic E-state index is 0.0161. The quantitative estimate of drug-likeness (QED) is 0.781. The highest BCUT2D eigenvalue weighted by Crippen LogP contribution is 2.24. The van der Waals surface area contributed by atoms with Crippen LogP contribution in [0.4, 0.5) is 0 Å². The van der Waals surface area contributed by atoms with Crippen LogP contribution < -0.4 is 5.73 Å². The van der Waals surface area contributed by atoms with Crippen molar-refractivity contribution >= 4 is 15.6 Å². The second kappa shape index (κ2) is 6.50. The smallest absolute Gasteiger partial charge is 0.150 e. The third-order valence-corrected chi connectivity index (χ3v) is 5.26. The molecule has 1 aliphatic rings. The van der Waals surface area contributed by atoms with Gasteiger partial charge in [0.2, 0.25) is 0 Å². The Morgan fingerprint density at radius 3 is 2.29 bits per heavy atom. The van der Waals surface area contributed by atoms with Crippen molar-refractivity contribution < 1.29 is 13.2 Å². The fraction of sp³-hybridized carbons (Fsp3) is 0.917. The molecule has 0 atom stereocenters. The highest BCUT2D eigenvalue weighted by molar-refractivity contribution is 7.91. The maximum absolute atomic E-state index is 11.9. The van der Waals surface area contributed by atoms with Gasteiger partial charge in [-0.05, 0) is 32.1 Å². The first-order chi connectivity index (χ1) is 7.94. The minimum atomic E-state index is -3.02. The largest absolute Gasteiger partial charge is 0.328 e. The van der Waals surface area contributed by atoms with Crippen LogP contribution in [0, 0.1) is 5.92 Å². The van der Waals surface area contributed by atoms with Gasteiger partial charge in [-0.3, -0.25) is 4.79 Å². The van der Waals surface area contributed by atoms with Gasteiger partial charge in [-0.2, -0.15) is 0 Å². The van der Waals surface area contributed by atoms with Gasteiger partial charge >= 0.3 is 0 Å². The molecule has 0 amide bonds. The molecule has 0 aromatic heterocycles. The minimum Gasteiger partial charge on any atom is -0.328 e. The van der Waals surface area contributed by atoms with Gasteiger partial charge in [0, 0.05) is 24.1 Å². The third kappa shape index (κ3) is 5.17. The second-order valence-electron chi connectivity index (χ2n) is 4.98. The molecule has 100 valence electrons. The van der Waals surface area contributed by atoms with Gasteiger partial charge in [0.25, 0.3) is 0 Å². The first-order valence-corrected chi connectivity index (χ1v) is 8.25. The maximum atomic E-state index is 11.9. The van der Waals surface area contributed by atoms with Crippen LogP contribution in [0.1, 0.15) is 45.4 Å². The van der Waals surface area contributed by atoms with E-state index in [1.807, 2.05) is 6.92 Å². The molecule has 5 heteroatoms. The average Bonchev–Trinajstić information content (AvgIpc) is 2.27. The topological polar surface area (TPSA) is 77.2 Å². The number of Topliss-reactive ketones (excluding diaryl/α,β-unsaturated/α-hetero) is 1. The maximum Gasteiger partial charge on any atom is 0.150 e. The van der Waals surface area contributed by atoms with E-state index >= 15 is 0 Å². The normalized spacial score (nSPS) is 25.8. The van der Waals surface area contributed by atoms with Crippen LogP contribution in [0.2, 0.25) is 0 Å². The van der Waals surface area contributed by atoms with E-state index in [-0.39, 0.29) is 35.7 Å². The van der Waals surface area contributed by atoms with Crippen molar-refractivity contribution in [1.82, 2.24) is 0 Å². The van der Waals surface area contributed by atoms with E-state index in [0.717, 1.165) is 25.7 Å². The van der Waals surface area contributed by atoms with Crippen molar-refractivity contribution in [2.45, 2.75) is 51.5 Å². The van der Waals surface area contributed by atoms with Crippen LogP contribution in [-0.4, -0.2) is 31.7 Å². The van der Waals surface area contributed by atoms with Gasteiger partial charge in [0.15, 0.2) is 9.84 Å². The lowest BCUT2D eigenvalue weighted by atomic mass is 9.83. The molecule has 0 unspecified atom stereocenters. The molecule has 0 radical (unpaired) electrons. The van der Waals surface area contributed by atoms with E-state index in [1.165, 1.54) is 0 Å².